The number of amides is 3. The van der Waals surface area contributed by atoms with Gasteiger partial charge >= 0.3 is 0 Å². The second kappa shape index (κ2) is 10.9. The highest BCUT2D eigenvalue weighted by Crippen LogP contribution is 2.30. The number of ether oxygens (including phenoxy) is 1. The molecule has 0 aliphatic carbocycles. The Hall–Kier alpha value is -3.40. The van der Waals surface area contributed by atoms with Gasteiger partial charge in [0.1, 0.15) is 16.7 Å². The molecule has 35 heavy (non-hydrogen) atoms. The van der Waals surface area contributed by atoms with Crippen molar-refractivity contribution in [1.29, 1.82) is 0 Å². The molecule has 0 spiro atoms. The van der Waals surface area contributed by atoms with E-state index in [1.807, 2.05) is 20.8 Å². The first-order valence-corrected chi connectivity index (χ1v) is 12.9. The smallest absolute Gasteiger partial charge is 0.269 e. The van der Waals surface area contributed by atoms with Crippen molar-refractivity contribution in [3.8, 4) is 5.75 Å². The van der Waals surface area contributed by atoms with E-state index in [1.54, 1.807) is 43.5 Å². The number of hydrogen-bond donors (Lipinski definition) is 1. The van der Waals surface area contributed by atoms with Crippen LogP contribution in [0.25, 0.3) is 0 Å². The van der Waals surface area contributed by atoms with Crippen molar-refractivity contribution in [3.63, 3.8) is 0 Å². The van der Waals surface area contributed by atoms with E-state index in [-0.39, 0.29) is 41.9 Å². The Morgan fingerprint density at radius 2 is 1.74 bits per heavy atom. The fourth-order valence-corrected chi connectivity index (χ4v) is 5.59. The summed E-state index contributed by atoms with van der Waals surface area (Å²) in [5.41, 5.74) is 0.880. The van der Waals surface area contributed by atoms with E-state index < -0.39 is 27.9 Å². The van der Waals surface area contributed by atoms with Crippen molar-refractivity contribution in [2.75, 3.05) is 13.7 Å². The molecule has 3 rings (SSSR count). The first-order chi connectivity index (χ1) is 16.6. The fourth-order valence-electron chi connectivity index (χ4n) is 4.02. The van der Waals surface area contributed by atoms with Crippen molar-refractivity contribution < 1.29 is 27.5 Å². The lowest BCUT2D eigenvalue weighted by molar-refractivity contribution is -0.141. The Kier molecular flexibility index (Phi) is 8.16. The Balaban J connectivity index is 1.83. The first kappa shape index (κ1) is 26.2. The van der Waals surface area contributed by atoms with Crippen LogP contribution in [-0.2, 0) is 26.2 Å². The van der Waals surface area contributed by atoms with Gasteiger partial charge in [-0.2, -0.15) is 0 Å². The van der Waals surface area contributed by atoms with Gasteiger partial charge in [-0.3, -0.25) is 14.4 Å². The molecular formula is C25H31N3O6S. The Morgan fingerprint density at radius 1 is 1.09 bits per heavy atom. The van der Waals surface area contributed by atoms with Crippen LogP contribution in [0, 0.1) is 0 Å². The van der Waals surface area contributed by atoms with Crippen LogP contribution in [0.15, 0.2) is 53.4 Å². The van der Waals surface area contributed by atoms with Gasteiger partial charge in [0.25, 0.3) is 15.9 Å². The number of nitrogens with one attached hydrogen (secondary N) is 1. The average molecular weight is 502 g/mol. The van der Waals surface area contributed by atoms with Crippen molar-refractivity contribution in [1.82, 2.24) is 14.5 Å². The maximum atomic E-state index is 13.4. The van der Waals surface area contributed by atoms with Gasteiger partial charge in [0.2, 0.25) is 11.8 Å². The normalized spacial score (nSPS) is 15.0. The van der Waals surface area contributed by atoms with E-state index in [0.29, 0.717) is 12.2 Å². The third-order valence-corrected chi connectivity index (χ3v) is 7.61. The van der Waals surface area contributed by atoms with Crippen LogP contribution in [0.4, 0.5) is 0 Å². The minimum Gasteiger partial charge on any atom is -0.497 e. The van der Waals surface area contributed by atoms with Crippen LogP contribution in [-0.4, -0.2) is 61.1 Å². The van der Waals surface area contributed by atoms with Crippen LogP contribution in [0.1, 0.15) is 49.5 Å². The SMILES string of the molecule is CCC(C(=O)NC(C)C)N(Cc1ccc(OC)cc1)C(=O)CCN1C(=O)c2ccccc2S1(=O)=O. The number of carbonyl (C=O) groups is 3. The summed E-state index contributed by atoms with van der Waals surface area (Å²) in [6.07, 6.45) is 0.118. The van der Waals surface area contributed by atoms with Crippen LogP contribution >= 0.6 is 0 Å². The van der Waals surface area contributed by atoms with E-state index in [9.17, 15) is 22.8 Å². The first-order valence-electron chi connectivity index (χ1n) is 11.5. The lowest BCUT2D eigenvalue weighted by atomic mass is 10.1. The van der Waals surface area contributed by atoms with Crippen LogP contribution in [0.5, 0.6) is 5.75 Å². The molecule has 1 aliphatic rings. The summed E-state index contributed by atoms with van der Waals surface area (Å²) < 4.78 is 31.6. The van der Waals surface area contributed by atoms with Gasteiger partial charge in [-0.25, -0.2) is 12.7 Å². The Morgan fingerprint density at radius 3 is 2.31 bits per heavy atom. The van der Waals surface area contributed by atoms with Gasteiger partial charge in [0.15, 0.2) is 0 Å². The van der Waals surface area contributed by atoms with Crippen LogP contribution in [0.2, 0.25) is 0 Å². The van der Waals surface area contributed by atoms with Gasteiger partial charge in [-0.15, -0.1) is 0 Å². The number of rotatable bonds is 10. The van der Waals surface area contributed by atoms with Crippen molar-refractivity contribution in [3.05, 3.63) is 59.7 Å². The summed E-state index contributed by atoms with van der Waals surface area (Å²) >= 11 is 0. The second-order valence-electron chi connectivity index (χ2n) is 8.59. The van der Waals surface area contributed by atoms with E-state index in [4.69, 9.17) is 4.74 Å². The molecule has 1 N–H and O–H groups in total. The zero-order valence-electron chi connectivity index (χ0n) is 20.4. The summed E-state index contributed by atoms with van der Waals surface area (Å²) in [5.74, 6) is -0.708. The highest BCUT2D eigenvalue weighted by atomic mass is 32.2. The van der Waals surface area contributed by atoms with Crippen molar-refractivity contribution in [2.24, 2.45) is 0 Å². The molecule has 1 atom stereocenters. The second-order valence-corrected chi connectivity index (χ2v) is 10.4. The van der Waals surface area contributed by atoms with E-state index >= 15 is 0 Å². The Labute approximate surface area is 206 Å². The molecule has 0 aromatic heterocycles. The van der Waals surface area contributed by atoms with Gasteiger partial charge in [0, 0.05) is 25.6 Å². The zero-order chi connectivity index (χ0) is 25.8. The predicted octanol–water partition coefficient (Wildman–Crippen LogP) is 2.56. The lowest BCUT2D eigenvalue weighted by Crippen LogP contribution is -2.51. The summed E-state index contributed by atoms with van der Waals surface area (Å²) in [6, 6.07) is 12.2. The molecule has 1 heterocycles. The molecule has 9 nitrogen and oxygen atoms in total. The van der Waals surface area contributed by atoms with Crippen LogP contribution in [0.3, 0.4) is 0 Å². The van der Waals surface area contributed by atoms with Gasteiger partial charge in [-0.1, -0.05) is 31.2 Å². The number of sulfonamides is 1. The summed E-state index contributed by atoms with van der Waals surface area (Å²) in [6.45, 7) is 5.32. The number of carbonyl (C=O) groups excluding carboxylic acids is 3. The molecule has 10 heteroatoms. The number of fused-ring (bicyclic) bond motifs is 1. The number of nitrogens with zero attached hydrogens (tertiary/aromatic N) is 2. The minimum atomic E-state index is -4.02. The van der Waals surface area contributed by atoms with Gasteiger partial charge in [-0.05, 0) is 50.1 Å². The molecule has 0 fully saturated rings. The largest absolute Gasteiger partial charge is 0.497 e. The monoisotopic (exact) mass is 501 g/mol. The molecule has 0 bridgehead atoms. The molecule has 0 saturated carbocycles. The quantitative estimate of drug-likeness (QED) is 0.535. The molecule has 0 saturated heterocycles. The molecule has 3 amide bonds. The number of methoxy groups -OCH3 is 1. The summed E-state index contributed by atoms with van der Waals surface area (Å²) in [4.78, 5) is 40.4. The summed E-state index contributed by atoms with van der Waals surface area (Å²) in [7, 11) is -2.47. The molecule has 1 aliphatic heterocycles. The third kappa shape index (κ3) is 5.64. The fraction of sp³-hybridized carbons (Fsp3) is 0.400. The molecule has 2 aromatic carbocycles. The third-order valence-electron chi connectivity index (χ3n) is 5.77. The number of benzene rings is 2. The maximum absolute atomic E-state index is 13.4. The average Bonchev–Trinajstić information content (AvgIpc) is 3.02. The van der Waals surface area contributed by atoms with Crippen molar-refractivity contribution in [2.45, 2.75) is 57.1 Å². The Bertz CT molecular complexity index is 1190. The maximum Gasteiger partial charge on any atom is 0.269 e. The topological polar surface area (TPSA) is 113 Å². The lowest BCUT2D eigenvalue weighted by Gasteiger charge is -2.31. The molecule has 0 radical (unpaired) electrons. The molecule has 2 aromatic rings. The van der Waals surface area contributed by atoms with E-state index in [0.717, 1.165) is 9.87 Å². The highest BCUT2D eigenvalue weighted by molar-refractivity contribution is 7.90. The molecular weight excluding hydrogens is 470 g/mol. The predicted molar refractivity (Wildman–Crippen MR) is 130 cm³/mol. The van der Waals surface area contributed by atoms with Gasteiger partial charge < -0.3 is 15.0 Å². The summed E-state index contributed by atoms with van der Waals surface area (Å²) in [5, 5.41) is 2.85. The number of hydrogen-bond acceptors (Lipinski definition) is 6. The minimum absolute atomic E-state index is 0.0599. The highest BCUT2D eigenvalue weighted by Gasteiger charge is 2.41. The van der Waals surface area contributed by atoms with Crippen LogP contribution < -0.4 is 10.1 Å². The van der Waals surface area contributed by atoms with Gasteiger partial charge in [0.05, 0.1) is 12.7 Å². The zero-order valence-corrected chi connectivity index (χ0v) is 21.2. The van der Waals surface area contributed by atoms with E-state index in [1.165, 1.54) is 17.0 Å². The van der Waals surface area contributed by atoms with Crippen molar-refractivity contribution >= 4 is 27.7 Å². The molecule has 1 unspecified atom stereocenters. The standard InChI is InChI=1S/C25H31N3O6S/c1-5-21(24(30)26-17(2)3)27(16-18-10-12-19(34-4)13-11-18)23(29)14-15-28-25(31)20-8-6-7-9-22(20)35(28,32)33/h6-13,17,21H,5,14-16H2,1-4H3,(H,26,30). The molecule has 188 valence electrons. The van der Waals surface area contributed by atoms with E-state index in [2.05, 4.69) is 5.32 Å².